The second-order valence-corrected chi connectivity index (χ2v) is 10.2. The van der Waals surface area contributed by atoms with E-state index in [1.165, 1.54) is 5.56 Å². The van der Waals surface area contributed by atoms with Crippen LogP contribution in [0, 0.1) is 13.8 Å². The van der Waals surface area contributed by atoms with Gasteiger partial charge in [-0.1, -0.05) is 24.3 Å². The van der Waals surface area contributed by atoms with Crippen molar-refractivity contribution in [3.05, 3.63) is 95.0 Å². The number of fused-ring (bicyclic) bond motifs is 1. The van der Waals surface area contributed by atoms with Gasteiger partial charge >= 0.3 is 0 Å². The van der Waals surface area contributed by atoms with Crippen molar-refractivity contribution in [2.45, 2.75) is 46.3 Å². The normalized spacial score (nSPS) is 15.5. The maximum absolute atomic E-state index is 12.8. The van der Waals surface area contributed by atoms with Gasteiger partial charge in [0.25, 0.3) is 5.91 Å². The van der Waals surface area contributed by atoms with Crippen molar-refractivity contribution in [2.75, 3.05) is 18.5 Å². The van der Waals surface area contributed by atoms with Crippen molar-refractivity contribution in [3.63, 3.8) is 0 Å². The van der Waals surface area contributed by atoms with Crippen molar-refractivity contribution < 1.29 is 9.53 Å². The van der Waals surface area contributed by atoms with Crippen molar-refractivity contribution in [3.8, 4) is 0 Å². The zero-order chi connectivity index (χ0) is 27.4. The van der Waals surface area contributed by atoms with Gasteiger partial charge in [-0.15, -0.1) is 0 Å². The second kappa shape index (κ2) is 11.7. The molecule has 0 aliphatic carbocycles. The molecular weight excluding hydrogens is 486 g/mol. The minimum Gasteiger partial charge on any atom is -0.356 e. The van der Waals surface area contributed by atoms with E-state index in [-0.39, 0.29) is 12.1 Å². The lowest BCUT2D eigenvalue weighted by Gasteiger charge is -2.23. The summed E-state index contributed by atoms with van der Waals surface area (Å²) in [5.74, 6) is -0.143. The lowest BCUT2D eigenvalue weighted by Crippen LogP contribution is -2.25. The van der Waals surface area contributed by atoms with E-state index in [4.69, 9.17) is 9.84 Å². The third kappa shape index (κ3) is 6.26. The standard InChI is InChI=1S/C32H35N5O2/c1-21(2)20-33-32(38)27-9-5-6-10-28(27)35-25-12-14-26-29(15-13-24-18-22(3)17-23(4)34-24)36-37(30(26)19-25)31-11-7-8-16-39-31/h5-6,9-10,12-15,17-19,31,35H,1,7-8,11,16,20H2,2-4H3,(H,33,38). The Bertz CT molecular complexity index is 1530. The van der Waals surface area contributed by atoms with E-state index in [0.717, 1.165) is 70.8 Å². The molecule has 39 heavy (non-hydrogen) atoms. The number of hydrogen-bond donors (Lipinski definition) is 2. The van der Waals surface area contributed by atoms with Gasteiger partial charge in [-0.05, 0) is 100 Å². The predicted octanol–water partition coefficient (Wildman–Crippen LogP) is 6.97. The highest BCUT2D eigenvalue weighted by atomic mass is 16.5. The fraction of sp³-hybridized carbons (Fsp3) is 0.281. The van der Waals surface area contributed by atoms with Crippen molar-refractivity contribution >= 4 is 40.3 Å². The molecule has 0 bridgehead atoms. The summed E-state index contributed by atoms with van der Waals surface area (Å²) in [6.07, 6.45) is 7.02. The number of rotatable bonds is 8. The Hall–Kier alpha value is -4.23. The van der Waals surface area contributed by atoms with E-state index in [9.17, 15) is 4.79 Å². The first-order valence-corrected chi connectivity index (χ1v) is 13.4. The summed E-state index contributed by atoms with van der Waals surface area (Å²) in [7, 11) is 0. The molecule has 2 aromatic carbocycles. The Morgan fingerprint density at radius 2 is 1.97 bits per heavy atom. The van der Waals surface area contributed by atoms with Crippen LogP contribution in [0.4, 0.5) is 11.4 Å². The lowest BCUT2D eigenvalue weighted by atomic mass is 10.1. The van der Waals surface area contributed by atoms with Gasteiger partial charge in [0.05, 0.1) is 28.2 Å². The largest absolute Gasteiger partial charge is 0.356 e. The molecule has 2 aromatic heterocycles. The van der Waals surface area contributed by atoms with Crippen molar-refractivity contribution in [1.82, 2.24) is 20.1 Å². The summed E-state index contributed by atoms with van der Waals surface area (Å²) >= 11 is 0. The van der Waals surface area contributed by atoms with E-state index in [1.54, 1.807) is 0 Å². The Labute approximate surface area is 229 Å². The summed E-state index contributed by atoms with van der Waals surface area (Å²) in [5, 5.41) is 12.4. The molecule has 4 aromatic rings. The van der Waals surface area contributed by atoms with Crippen molar-refractivity contribution in [2.24, 2.45) is 0 Å². The predicted molar refractivity (Wildman–Crippen MR) is 158 cm³/mol. The first-order chi connectivity index (χ1) is 18.9. The average molecular weight is 522 g/mol. The van der Waals surface area contributed by atoms with Gasteiger partial charge in [0.2, 0.25) is 0 Å². The molecule has 5 rings (SSSR count). The van der Waals surface area contributed by atoms with E-state index in [1.807, 2.05) is 61.0 Å². The van der Waals surface area contributed by atoms with Crippen LogP contribution in [0.5, 0.6) is 0 Å². The minimum absolute atomic E-state index is 0.113. The summed E-state index contributed by atoms with van der Waals surface area (Å²) in [5.41, 5.74) is 7.99. The fourth-order valence-electron chi connectivity index (χ4n) is 4.89. The maximum atomic E-state index is 12.8. The Balaban J connectivity index is 1.50. The number of carbonyl (C=O) groups is 1. The lowest BCUT2D eigenvalue weighted by molar-refractivity contribution is -0.0367. The second-order valence-electron chi connectivity index (χ2n) is 10.2. The molecule has 200 valence electrons. The van der Waals surface area contributed by atoms with Crippen LogP contribution in [0.15, 0.2) is 66.7 Å². The summed E-state index contributed by atoms with van der Waals surface area (Å²) in [6, 6.07) is 17.8. The monoisotopic (exact) mass is 521 g/mol. The summed E-state index contributed by atoms with van der Waals surface area (Å²) < 4.78 is 8.12. The Morgan fingerprint density at radius 1 is 1.13 bits per heavy atom. The number of carbonyl (C=O) groups excluding carboxylic acids is 1. The number of amides is 1. The highest BCUT2D eigenvalue weighted by molar-refractivity contribution is 6.01. The van der Waals surface area contributed by atoms with Crippen LogP contribution in [-0.4, -0.2) is 33.8 Å². The molecule has 7 nitrogen and oxygen atoms in total. The molecule has 0 spiro atoms. The number of aromatic nitrogens is 3. The number of anilines is 2. The first-order valence-electron chi connectivity index (χ1n) is 13.4. The number of benzene rings is 2. The molecule has 0 saturated carbocycles. The van der Waals surface area contributed by atoms with Crippen LogP contribution in [0.3, 0.4) is 0 Å². The van der Waals surface area contributed by atoms with Gasteiger partial charge in [0.15, 0.2) is 6.23 Å². The van der Waals surface area contributed by atoms with Crippen LogP contribution >= 0.6 is 0 Å². The van der Waals surface area contributed by atoms with Gasteiger partial charge in [0.1, 0.15) is 0 Å². The Kier molecular flexibility index (Phi) is 7.89. The molecule has 7 heteroatoms. The third-order valence-corrected chi connectivity index (χ3v) is 6.70. The number of nitrogens with one attached hydrogen (secondary N) is 2. The first kappa shape index (κ1) is 26.4. The van der Waals surface area contributed by atoms with E-state index < -0.39 is 0 Å². The van der Waals surface area contributed by atoms with Gasteiger partial charge in [-0.3, -0.25) is 9.78 Å². The maximum Gasteiger partial charge on any atom is 0.253 e. The number of aryl methyl sites for hydroxylation is 2. The highest BCUT2D eigenvalue weighted by Gasteiger charge is 2.21. The Morgan fingerprint density at radius 3 is 2.74 bits per heavy atom. The molecule has 1 amide bonds. The third-order valence-electron chi connectivity index (χ3n) is 6.70. The average Bonchev–Trinajstić information content (AvgIpc) is 3.28. The molecule has 1 unspecified atom stereocenters. The summed E-state index contributed by atoms with van der Waals surface area (Å²) in [4.78, 5) is 17.5. The van der Waals surface area contributed by atoms with Gasteiger partial charge in [-0.25, -0.2) is 4.68 Å². The van der Waals surface area contributed by atoms with Crippen LogP contribution in [0.2, 0.25) is 0 Å². The molecule has 2 N–H and O–H groups in total. The van der Waals surface area contributed by atoms with E-state index >= 15 is 0 Å². The molecule has 3 heterocycles. The smallest absolute Gasteiger partial charge is 0.253 e. The molecule has 1 aliphatic heterocycles. The fourth-order valence-corrected chi connectivity index (χ4v) is 4.89. The zero-order valence-corrected chi connectivity index (χ0v) is 22.8. The molecular formula is C32H35N5O2. The number of para-hydroxylation sites is 1. The number of ether oxygens (including phenoxy) is 1. The van der Waals surface area contributed by atoms with Gasteiger partial charge in [0, 0.05) is 29.9 Å². The summed E-state index contributed by atoms with van der Waals surface area (Å²) in [6.45, 7) is 11.0. The van der Waals surface area contributed by atoms with Crippen molar-refractivity contribution in [1.29, 1.82) is 0 Å². The van der Waals surface area contributed by atoms with Crippen LogP contribution in [0.25, 0.3) is 23.1 Å². The number of pyridine rings is 1. The zero-order valence-electron chi connectivity index (χ0n) is 22.8. The topological polar surface area (TPSA) is 81.1 Å². The van der Waals surface area contributed by atoms with Gasteiger partial charge < -0.3 is 15.4 Å². The molecule has 1 atom stereocenters. The van der Waals surface area contributed by atoms with E-state index in [0.29, 0.717) is 12.1 Å². The molecule has 1 aliphatic rings. The minimum atomic E-state index is -0.143. The van der Waals surface area contributed by atoms with E-state index in [2.05, 4.69) is 53.4 Å². The quantitative estimate of drug-likeness (QED) is 0.245. The molecule has 0 radical (unpaired) electrons. The molecule has 1 fully saturated rings. The van der Waals surface area contributed by atoms with Crippen LogP contribution < -0.4 is 10.6 Å². The number of nitrogens with zero attached hydrogens (tertiary/aromatic N) is 3. The molecule has 1 saturated heterocycles. The number of hydrogen-bond acceptors (Lipinski definition) is 5. The van der Waals surface area contributed by atoms with Crippen LogP contribution in [0.1, 0.15) is 65.4 Å². The highest BCUT2D eigenvalue weighted by Crippen LogP contribution is 2.32. The van der Waals surface area contributed by atoms with Gasteiger partial charge in [-0.2, -0.15) is 5.10 Å². The SMILES string of the molecule is C=C(C)CNC(=O)c1ccccc1Nc1ccc2c(C=Cc3cc(C)cc(C)n3)nn(C3CCCCO3)c2c1. The van der Waals surface area contributed by atoms with Crippen LogP contribution in [-0.2, 0) is 4.74 Å².